The molecule has 0 saturated carbocycles. The Morgan fingerprint density at radius 3 is 2.55 bits per heavy atom. The lowest BCUT2D eigenvalue weighted by Gasteiger charge is -2.09. The van der Waals surface area contributed by atoms with E-state index >= 15 is 0 Å². The number of halogens is 1. The number of rotatable bonds is 3. The molecular weight excluding hydrogens is 204 g/mol. The molecule has 0 aliphatic rings. The largest absolute Gasteiger partial charge is 0.479 e. The molecule has 1 rings (SSSR count). The summed E-state index contributed by atoms with van der Waals surface area (Å²) in [5.41, 5.74) is 0. The van der Waals surface area contributed by atoms with Gasteiger partial charge in [-0.25, -0.2) is 0 Å². The van der Waals surface area contributed by atoms with E-state index in [1.54, 1.807) is 0 Å². The molecule has 0 amide bonds. The maximum absolute atomic E-state index is 5.48. The molecule has 1 aromatic carbocycles. The van der Waals surface area contributed by atoms with Crippen molar-refractivity contribution in [3.63, 3.8) is 0 Å². The Morgan fingerprint density at radius 2 is 2.00 bits per heavy atom. The first-order valence-electron chi connectivity index (χ1n) is 3.68. The third-order valence-electron chi connectivity index (χ3n) is 1.33. The van der Waals surface area contributed by atoms with Crippen LogP contribution in [-0.2, 0) is 0 Å². The Bertz CT molecular complexity index is 198. The summed E-state index contributed by atoms with van der Waals surface area (Å²) in [7, 11) is 0. The summed E-state index contributed by atoms with van der Waals surface area (Å²) >= 11 is 3.39. The zero-order valence-electron chi connectivity index (χ0n) is 6.46. The molecule has 0 fully saturated rings. The van der Waals surface area contributed by atoms with Gasteiger partial charge in [-0.2, -0.15) is 0 Å². The number of hydrogen-bond acceptors (Lipinski definition) is 1. The van der Waals surface area contributed by atoms with E-state index in [-0.39, 0.29) is 5.01 Å². The monoisotopic (exact) mass is 214 g/mol. The van der Waals surface area contributed by atoms with E-state index in [0.29, 0.717) is 0 Å². The van der Waals surface area contributed by atoms with Crippen molar-refractivity contribution in [3.05, 3.63) is 30.3 Å². The molecule has 60 valence electrons. The topological polar surface area (TPSA) is 9.23 Å². The number of para-hydroxylation sites is 1. The first-order chi connectivity index (χ1) is 5.33. The van der Waals surface area contributed by atoms with Crippen LogP contribution in [0.25, 0.3) is 0 Å². The molecule has 0 aliphatic carbocycles. The molecule has 2 heteroatoms. The van der Waals surface area contributed by atoms with E-state index in [2.05, 4.69) is 22.9 Å². The van der Waals surface area contributed by atoms with Crippen LogP contribution in [0.4, 0.5) is 0 Å². The highest BCUT2D eigenvalue weighted by Gasteiger charge is 1.99. The van der Waals surface area contributed by atoms with E-state index in [0.717, 1.165) is 12.2 Å². The summed E-state index contributed by atoms with van der Waals surface area (Å²) < 4.78 is 5.48. The zero-order valence-corrected chi connectivity index (χ0v) is 8.04. The lowest BCUT2D eigenvalue weighted by Crippen LogP contribution is -2.05. The Hall–Kier alpha value is -0.500. The van der Waals surface area contributed by atoms with Gasteiger partial charge in [0, 0.05) is 0 Å². The Balaban J connectivity index is 2.51. The number of hydrogen-bond donors (Lipinski definition) is 0. The highest BCUT2D eigenvalue weighted by molar-refractivity contribution is 9.09. The van der Waals surface area contributed by atoms with Crippen LogP contribution in [0.15, 0.2) is 30.3 Å². The fourth-order valence-electron chi connectivity index (χ4n) is 0.730. The van der Waals surface area contributed by atoms with Gasteiger partial charge in [-0.15, -0.1) is 0 Å². The van der Waals surface area contributed by atoms with Gasteiger partial charge in [-0.05, 0) is 34.5 Å². The van der Waals surface area contributed by atoms with E-state index in [9.17, 15) is 0 Å². The van der Waals surface area contributed by atoms with Crippen LogP contribution in [0.1, 0.15) is 13.3 Å². The average molecular weight is 215 g/mol. The molecule has 0 aromatic heterocycles. The molecule has 0 heterocycles. The van der Waals surface area contributed by atoms with Crippen molar-refractivity contribution in [2.24, 2.45) is 0 Å². The Morgan fingerprint density at radius 1 is 1.36 bits per heavy atom. The molecule has 0 N–H and O–H groups in total. The molecule has 1 nitrogen and oxygen atoms in total. The average Bonchev–Trinajstić information content (AvgIpc) is 2.06. The SMILES string of the molecule is CCC(Br)Oc1ccccc1. The maximum atomic E-state index is 5.48. The third kappa shape index (κ3) is 2.93. The Labute approximate surface area is 75.5 Å². The van der Waals surface area contributed by atoms with Crippen LogP contribution in [0.5, 0.6) is 5.75 Å². The molecule has 0 radical (unpaired) electrons. The highest BCUT2D eigenvalue weighted by atomic mass is 79.9. The van der Waals surface area contributed by atoms with Crippen molar-refractivity contribution in [3.8, 4) is 5.75 Å². The Kier molecular flexibility index (Phi) is 3.43. The minimum absolute atomic E-state index is 0.130. The van der Waals surface area contributed by atoms with Crippen molar-refractivity contribution in [2.45, 2.75) is 18.4 Å². The normalized spacial score (nSPS) is 12.5. The van der Waals surface area contributed by atoms with Crippen molar-refractivity contribution in [2.75, 3.05) is 0 Å². The predicted octanol–water partition coefficient (Wildman–Crippen LogP) is 3.20. The van der Waals surface area contributed by atoms with Gasteiger partial charge in [-0.3, -0.25) is 0 Å². The molecule has 0 aliphatic heterocycles. The van der Waals surface area contributed by atoms with Gasteiger partial charge in [0.25, 0.3) is 0 Å². The summed E-state index contributed by atoms with van der Waals surface area (Å²) in [5.74, 6) is 0.913. The van der Waals surface area contributed by atoms with Gasteiger partial charge in [0.15, 0.2) is 5.01 Å². The van der Waals surface area contributed by atoms with Gasteiger partial charge in [0.1, 0.15) is 5.75 Å². The first kappa shape index (κ1) is 8.60. The van der Waals surface area contributed by atoms with Crippen molar-refractivity contribution < 1.29 is 4.74 Å². The lowest BCUT2D eigenvalue weighted by atomic mass is 10.3. The quantitative estimate of drug-likeness (QED) is 0.703. The van der Waals surface area contributed by atoms with Gasteiger partial charge < -0.3 is 4.74 Å². The molecule has 0 spiro atoms. The van der Waals surface area contributed by atoms with Crippen LogP contribution in [0, 0.1) is 0 Å². The van der Waals surface area contributed by atoms with Crippen LogP contribution in [-0.4, -0.2) is 5.01 Å². The third-order valence-corrected chi connectivity index (χ3v) is 2.16. The molecule has 1 unspecified atom stereocenters. The predicted molar refractivity (Wildman–Crippen MR) is 50.1 cm³/mol. The smallest absolute Gasteiger partial charge is 0.153 e. The van der Waals surface area contributed by atoms with E-state index in [1.165, 1.54) is 0 Å². The fraction of sp³-hybridized carbons (Fsp3) is 0.333. The second kappa shape index (κ2) is 4.39. The number of ether oxygens (including phenoxy) is 1. The standard InChI is InChI=1S/C9H11BrO/c1-2-9(10)11-8-6-4-3-5-7-8/h3-7,9H,2H2,1H3. The fourth-order valence-corrected chi connectivity index (χ4v) is 0.946. The second-order valence-corrected chi connectivity index (χ2v) is 3.27. The summed E-state index contributed by atoms with van der Waals surface area (Å²) in [5, 5.41) is 0.130. The maximum Gasteiger partial charge on any atom is 0.153 e. The highest BCUT2D eigenvalue weighted by Crippen LogP contribution is 2.15. The summed E-state index contributed by atoms with van der Waals surface area (Å²) in [6.45, 7) is 2.07. The molecule has 1 atom stereocenters. The first-order valence-corrected chi connectivity index (χ1v) is 4.60. The van der Waals surface area contributed by atoms with Crippen LogP contribution in [0.2, 0.25) is 0 Å². The van der Waals surface area contributed by atoms with Crippen LogP contribution in [0.3, 0.4) is 0 Å². The summed E-state index contributed by atoms with van der Waals surface area (Å²) in [6, 6.07) is 9.80. The molecule has 0 saturated heterocycles. The van der Waals surface area contributed by atoms with Gasteiger partial charge in [-0.1, -0.05) is 25.1 Å². The number of benzene rings is 1. The molecular formula is C9H11BrO. The molecule has 11 heavy (non-hydrogen) atoms. The molecule has 0 bridgehead atoms. The van der Waals surface area contributed by atoms with Crippen LogP contribution >= 0.6 is 15.9 Å². The van der Waals surface area contributed by atoms with E-state index in [4.69, 9.17) is 4.74 Å². The van der Waals surface area contributed by atoms with Crippen molar-refractivity contribution in [1.29, 1.82) is 0 Å². The summed E-state index contributed by atoms with van der Waals surface area (Å²) in [6.07, 6.45) is 0.967. The summed E-state index contributed by atoms with van der Waals surface area (Å²) in [4.78, 5) is 0. The van der Waals surface area contributed by atoms with E-state index in [1.807, 2.05) is 30.3 Å². The minimum atomic E-state index is 0.130. The molecule has 1 aromatic rings. The van der Waals surface area contributed by atoms with Crippen molar-refractivity contribution in [1.82, 2.24) is 0 Å². The van der Waals surface area contributed by atoms with Gasteiger partial charge >= 0.3 is 0 Å². The van der Waals surface area contributed by atoms with Crippen molar-refractivity contribution >= 4 is 15.9 Å². The van der Waals surface area contributed by atoms with E-state index < -0.39 is 0 Å². The minimum Gasteiger partial charge on any atom is -0.479 e. The zero-order chi connectivity index (χ0) is 8.10. The lowest BCUT2D eigenvalue weighted by molar-refractivity contribution is 0.290. The second-order valence-electron chi connectivity index (χ2n) is 2.25. The number of alkyl halides is 1. The van der Waals surface area contributed by atoms with Gasteiger partial charge in [0.2, 0.25) is 0 Å². The van der Waals surface area contributed by atoms with Gasteiger partial charge in [0.05, 0.1) is 0 Å². The van der Waals surface area contributed by atoms with Crippen LogP contribution < -0.4 is 4.74 Å².